The number of fused-ring (bicyclic) bond motifs is 3. The van der Waals surface area contributed by atoms with E-state index in [0.717, 1.165) is 22.4 Å². The third-order valence-electron chi connectivity index (χ3n) is 5.65. The molecule has 2 aromatic carbocycles. The van der Waals surface area contributed by atoms with E-state index in [0.29, 0.717) is 29.6 Å². The Bertz CT molecular complexity index is 1160. The van der Waals surface area contributed by atoms with Gasteiger partial charge in [0.1, 0.15) is 12.4 Å². The SMILES string of the molecule is CC(=O)NCCN(C(=O)c1nn(C)c2c1COc1ccc(Cl)cc1-2)C(C)c1ccccc1. The number of hydrogen-bond donors (Lipinski definition) is 1. The number of rotatable bonds is 6. The maximum Gasteiger partial charge on any atom is 0.275 e. The lowest BCUT2D eigenvalue weighted by atomic mass is 10.0. The second kappa shape index (κ2) is 9.04. The molecule has 0 aliphatic carbocycles. The first kappa shape index (κ1) is 21.9. The Balaban J connectivity index is 1.71. The number of benzene rings is 2. The average Bonchev–Trinajstić information content (AvgIpc) is 3.13. The lowest BCUT2D eigenvalue weighted by Crippen LogP contribution is -2.40. The molecule has 1 aliphatic heterocycles. The molecule has 1 aliphatic rings. The summed E-state index contributed by atoms with van der Waals surface area (Å²) in [5.74, 6) is 0.364. The van der Waals surface area contributed by atoms with Crippen molar-refractivity contribution in [2.75, 3.05) is 13.1 Å². The Morgan fingerprint density at radius 2 is 2.00 bits per heavy atom. The first-order valence-electron chi connectivity index (χ1n) is 10.5. The van der Waals surface area contributed by atoms with Crippen molar-refractivity contribution in [1.29, 1.82) is 0 Å². The number of halogens is 1. The molecule has 1 atom stereocenters. The van der Waals surface area contributed by atoms with Crippen LogP contribution >= 0.6 is 11.6 Å². The summed E-state index contributed by atoms with van der Waals surface area (Å²) in [6, 6.07) is 15.0. The van der Waals surface area contributed by atoms with Gasteiger partial charge in [0.2, 0.25) is 5.91 Å². The quantitative estimate of drug-likeness (QED) is 0.614. The molecule has 2 heterocycles. The van der Waals surface area contributed by atoms with Gasteiger partial charge in [-0.1, -0.05) is 41.9 Å². The smallest absolute Gasteiger partial charge is 0.275 e. The van der Waals surface area contributed by atoms with Gasteiger partial charge in [-0.3, -0.25) is 14.3 Å². The standard InChI is InChI=1S/C24H25ClN4O3/c1-15(17-7-5-4-6-8-17)29(12-11-26-16(2)30)24(31)22-20-14-32-21-10-9-18(25)13-19(21)23(20)28(3)27-22/h4-10,13,15H,11-12,14H2,1-3H3,(H,26,30). The van der Waals surface area contributed by atoms with Crippen LogP contribution in [-0.2, 0) is 18.4 Å². The summed E-state index contributed by atoms with van der Waals surface area (Å²) in [6.45, 7) is 4.38. The first-order valence-corrected chi connectivity index (χ1v) is 10.8. The van der Waals surface area contributed by atoms with E-state index < -0.39 is 0 Å². The molecule has 32 heavy (non-hydrogen) atoms. The Kier molecular flexibility index (Phi) is 6.19. The molecule has 3 aromatic rings. The van der Waals surface area contributed by atoms with E-state index in [9.17, 15) is 9.59 Å². The van der Waals surface area contributed by atoms with Crippen molar-refractivity contribution < 1.29 is 14.3 Å². The topological polar surface area (TPSA) is 76.5 Å². The third-order valence-corrected chi connectivity index (χ3v) is 5.89. The predicted octanol–water partition coefficient (Wildman–Crippen LogP) is 3.97. The van der Waals surface area contributed by atoms with Crippen LogP contribution in [0.1, 0.15) is 41.5 Å². The number of nitrogens with zero attached hydrogens (tertiary/aromatic N) is 3. The van der Waals surface area contributed by atoms with Gasteiger partial charge in [0.05, 0.1) is 11.7 Å². The van der Waals surface area contributed by atoms with Gasteiger partial charge in [-0.05, 0) is 30.7 Å². The molecule has 0 radical (unpaired) electrons. The van der Waals surface area contributed by atoms with Gasteiger partial charge in [-0.25, -0.2) is 0 Å². The highest BCUT2D eigenvalue weighted by Crippen LogP contribution is 2.40. The number of carbonyl (C=O) groups is 2. The maximum atomic E-state index is 13.8. The molecular formula is C24H25ClN4O3. The fourth-order valence-electron chi connectivity index (χ4n) is 4.05. The largest absolute Gasteiger partial charge is 0.488 e. The van der Waals surface area contributed by atoms with Crippen LogP contribution in [0, 0.1) is 0 Å². The van der Waals surface area contributed by atoms with E-state index in [2.05, 4.69) is 10.4 Å². The molecular weight excluding hydrogens is 428 g/mol. The number of ether oxygens (including phenoxy) is 1. The molecule has 0 spiro atoms. The van der Waals surface area contributed by atoms with Gasteiger partial charge in [0, 0.05) is 43.2 Å². The molecule has 166 valence electrons. The zero-order valence-electron chi connectivity index (χ0n) is 18.3. The molecule has 8 heteroatoms. The molecule has 2 amide bonds. The second-order valence-electron chi connectivity index (χ2n) is 7.80. The predicted molar refractivity (Wildman–Crippen MR) is 123 cm³/mol. The van der Waals surface area contributed by atoms with E-state index in [1.54, 1.807) is 15.6 Å². The van der Waals surface area contributed by atoms with Crippen molar-refractivity contribution in [3.63, 3.8) is 0 Å². The Hall–Kier alpha value is -3.32. The van der Waals surface area contributed by atoms with E-state index >= 15 is 0 Å². The van der Waals surface area contributed by atoms with E-state index in [1.165, 1.54) is 6.92 Å². The summed E-state index contributed by atoms with van der Waals surface area (Å²) >= 11 is 6.21. The number of aryl methyl sites for hydroxylation is 1. The van der Waals surface area contributed by atoms with E-state index in [-0.39, 0.29) is 24.5 Å². The van der Waals surface area contributed by atoms with Crippen LogP contribution in [0.15, 0.2) is 48.5 Å². The van der Waals surface area contributed by atoms with Gasteiger partial charge in [-0.2, -0.15) is 5.10 Å². The number of carbonyl (C=O) groups excluding carboxylic acids is 2. The fraction of sp³-hybridized carbons (Fsp3) is 0.292. The maximum absolute atomic E-state index is 13.8. The highest BCUT2D eigenvalue weighted by Gasteiger charge is 2.32. The Labute approximate surface area is 191 Å². The van der Waals surface area contributed by atoms with Crippen LogP contribution in [0.3, 0.4) is 0 Å². The number of nitrogens with one attached hydrogen (secondary N) is 1. The summed E-state index contributed by atoms with van der Waals surface area (Å²) in [5, 5.41) is 7.94. The Morgan fingerprint density at radius 3 is 2.72 bits per heavy atom. The van der Waals surface area contributed by atoms with Crippen molar-refractivity contribution in [2.45, 2.75) is 26.5 Å². The van der Waals surface area contributed by atoms with Gasteiger partial charge in [-0.15, -0.1) is 0 Å². The molecule has 4 rings (SSSR count). The molecule has 1 aromatic heterocycles. The van der Waals surface area contributed by atoms with Crippen LogP contribution in [0.5, 0.6) is 5.75 Å². The van der Waals surface area contributed by atoms with Crippen LogP contribution in [0.4, 0.5) is 0 Å². The minimum atomic E-state index is -0.211. The van der Waals surface area contributed by atoms with Gasteiger partial charge >= 0.3 is 0 Å². The van der Waals surface area contributed by atoms with Crippen molar-refractivity contribution >= 4 is 23.4 Å². The van der Waals surface area contributed by atoms with E-state index in [1.807, 2.05) is 56.4 Å². The highest BCUT2D eigenvalue weighted by molar-refractivity contribution is 6.31. The van der Waals surface area contributed by atoms with Crippen LogP contribution in [-0.4, -0.2) is 39.6 Å². The summed E-state index contributed by atoms with van der Waals surface area (Å²) < 4.78 is 7.61. The normalized spacial score (nSPS) is 12.9. The zero-order valence-corrected chi connectivity index (χ0v) is 19.0. The minimum absolute atomic E-state index is 0.137. The Morgan fingerprint density at radius 1 is 1.25 bits per heavy atom. The van der Waals surface area contributed by atoms with Gasteiger partial charge in [0.25, 0.3) is 5.91 Å². The summed E-state index contributed by atoms with van der Waals surface area (Å²) in [4.78, 5) is 26.9. The summed E-state index contributed by atoms with van der Waals surface area (Å²) in [6.07, 6.45) is 0. The fourth-order valence-corrected chi connectivity index (χ4v) is 4.22. The van der Waals surface area contributed by atoms with Crippen molar-refractivity contribution in [3.8, 4) is 17.0 Å². The van der Waals surface area contributed by atoms with Crippen LogP contribution in [0.2, 0.25) is 5.02 Å². The number of amides is 2. The van der Waals surface area contributed by atoms with Crippen LogP contribution < -0.4 is 10.1 Å². The molecule has 1 unspecified atom stereocenters. The van der Waals surface area contributed by atoms with Crippen molar-refractivity contribution in [2.24, 2.45) is 7.05 Å². The summed E-state index contributed by atoms with van der Waals surface area (Å²) in [7, 11) is 1.81. The molecule has 7 nitrogen and oxygen atoms in total. The zero-order chi connectivity index (χ0) is 22.8. The minimum Gasteiger partial charge on any atom is -0.488 e. The molecule has 0 fully saturated rings. The summed E-state index contributed by atoms with van der Waals surface area (Å²) in [5.41, 5.74) is 3.72. The second-order valence-corrected chi connectivity index (χ2v) is 8.23. The van der Waals surface area contributed by atoms with Crippen molar-refractivity contribution in [3.05, 3.63) is 70.4 Å². The van der Waals surface area contributed by atoms with Crippen molar-refractivity contribution in [1.82, 2.24) is 20.0 Å². The molecule has 1 N–H and O–H groups in total. The number of hydrogen-bond acceptors (Lipinski definition) is 4. The van der Waals surface area contributed by atoms with E-state index in [4.69, 9.17) is 16.3 Å². The monoisotopic (exact) mass is 452 g/mol. The van der Waals surface area contributed by atoms with Gasteiger partial charge < -0.3 is 15.0 Å². The highest BCUT2D eigenvalue weighted by atomic mass is 35.5. The van der Waals surface area contributed by atoms with Crippen LogP contribution in [0.25, 0.3) is 11.3 Å². The lowest BCUT2D eigenvalue weighted by Gasteiger charge is -2.30. The molecule has 0 saturated heterocycles. The average molecular weight is 453 g/mol. The first-order chi connectivity index (χ1) is 15.4. The number of aromatic nitrogens is 2. The third kappa shape index (κ3) is 4.21. The van der Waals surface area contributed by atoms with Gasteiger partial charge in [0.15, 0.2) is 5.69 Å². The lowest BCUT2D eigenvalue weighted by molar-refractivity contribution is -0.119. The molecule has 0 saturated carbocycles. The molecule has 0 bridgehead atoms.